The van der Waals surface area contributed by atoms with E-state index in [1.165, 1.54) is 6.42 Å². The van der Waals surface area contributed by atoms with Gasteiger partial charge in [-0.15, -0.1) is 0 Å². The molecule has 0 bridgehead atoms. The van der Waals surface area contributed by atoms with Crippen molar-refractivity contribution in [1.82, 2.24) is 14.9 Å². The van der Waals surface area contributed by atoms with Crippen LogP contribution in [0.3, 0.4) is 0 Å². The molecule has 1 aromatic heterocycles. The summed E-state index contributed by atoms with van der Waals surface area (Å²) >= 11 is 0. The molecule has 4 heteroatoms. The molecule has 1 unspecified atom stereocenters. The highest BCUT2D eigenvalue weighted by Crippen LogP contribution is 2.28. The van der Waals surface area contributed by atoms with Crippen LogP contribution in [-0.4, -0.2) is 34.5 Å². The zero-order chi connectivity index (χ0) is 10.7. The van der Waals surface area contributed by atoms with E-state index >= 15 is 0 Å². The van der Waals surface area contributed by atoms with Crippen molar-refractivity contribution < 1.29 is 0 Å². The first-order valence-corrected chi connectivity index (χ1v) is 5.40. The van der Waals surface area contributed by atoms with Gasteiger partial charge in [0.2, 0.25) is 0 Å². The second-order valence-electron chi connectivity index (χ2n) is 4.64. The van der Waals surface area contributed by atoms with Gasteiger partial charge in [0, 0.05) is 18.9 Å². The van der Waals surface area contributed by atoms with Crippen LogP contribution in [-0.2, 0) is 6.54 Å². The van der Waals surface area contributed by atoms with Crippen molar-refractivity contribution >= 4 is 0 Å². The summed E-state index contributed by atoms with van der Waals surface area (Å²) in [6, 6.07) is 1.84. The molecule has 1 aromatic rings. The summed E-state index contributed by atoms with van der Waals surface area (Å²) in [5.41, 5.74) is 6.05. The summed E-state index contributed by atoms with van der Waals surface area (Å²) in [4.78, 5) is 10.8. The Kier molecular flexibility index (Phi) is 2.98. The molecule has 0 aromatic carbocycles. The van der Waals surface area contributed by atoms with E-state index in [4.69, 9.17) is 5.73 Å². The topological polar surface area (TPSA) is 55.0 Å². The fraction of sp³-hybridized carbons (Fsp3) is 0.636. The van der Waals surface area contributed by atoms with Crippen molar-refractivity contribution in [3.63, 3.8) is 0 Å². The van der Waals surface area contributed by atoms with Gasteiger partial charge in [-0.05, 0) is 31.0 Å². The normalized spacial score (nSPS) is 27.1. The van der Waals surface area contributed by atoms with E-state index in [-0.39, 0.29) is 5.41 Å². The highest BCUT2D eigenvalue weighted by molar-refractivity contribution is 4.92. The Bertz CT molecular complexity index is 314. The number of rotatable bonds is 3. The summed E-state index contributed by atoms with van der Waals surface area (Å²) in [5, 5.41) is 0. The van der Waals surface area contributed by atoms with Crippen molar-refractivity contribution in [2.45, 2.75) is 19.9 Å². The maximum absolute atomic E-state index is 5.77. The predicted molar refractivity (Wildman–Crippen MR) is 59.1 cm³/mol. The van der Waals surface area contributed by atoms with Gasteiger partial charge in [-0.1, -0.05) is 6.92 Å². The van der Waals surface area contributed by atoms with Crippen LogP contribution < -0.4 is 5.73 Å². The van der Waals surface area contributed by atoms with Crippen molar-refractivity contribution in [1.29, 1.82) is 0 Å². The van der Waals surface area contributed by atoms with Crippen LogP contribution in [0.25, 0.3) is 0 Å². The number of nitrogens with two attached hydrogens (primary N) is 1. The number of aromatic nitrogens is 2. The molecule has 15 heavy (non-hydrogen) atoms. The summed E-state index contributed by atoms with van der Waals surface area (Å²) < 4.78 is 0. The highest BCUT2D eigenvalue weighted by Gasteiger charge is 2.32. The molecule has 1 atom stereocenters. The lowest BCUT2D eigenvalue weighted by molar-refractivity contribution is 0.269. The van der Waals surface area contributed by atoms with Gasteiger partial charge in [-0.2, -0.15) is 0 Å². The third-order valence-electron chi connectivity index (χ3n) is 3.11. The van der Waals surface area contributed by atoms with Gasteiger partial charge >= 0.3 is 0 Å². The molecule has 4 nitrogen and oxygen atoms in total. The minimum absolute atomic E-state index is 0.286. The molecule has 0 spiro atoms. The second kappa shape index (κ2) is 4.24. The van der Waals surface area contributed by atoms with E-state index in [0.717, 1.165) is 32.0 Å². The third-order valence-corrected chi connectivity index (χ3v) is 3.11. The van der Waals surface area contributed by atoms with Gasteiger partial charge in [0.25, 0.3) is 0 Å². The summed E-state index contributed by atoms with van der Waals surface area (Å²) in [7, 11) is 0. The van der Waals surface area contributed by atoms with Crippen LogP contribution in [0.5, 0.6) is 0 Å². The third kappa shape index (κ3) is 2.52. The standard InChI is InChI=1S/C11H18N4/c1-11(8-12)3-6-15(9-11)7-10-13-4-2-5-14-10/h2,4-5H,3,6-9,12H2,1H3. The first-order chi connectivity index (χ1) is 7.22. The maximum Gasteiger partial charge on any atom is 0.142 e. The molecule has 0 amide bonds. The van der Waals surface area contributed by atoms with E-state index in [1.807, 2.05) is 6.07 Å². The molecule has 1 aliphatic heterocycles. The summed E-state index contributed by atoms with van der Waals surface area (Å²) in [5.74, 6) is 0.902. The lowest BCUT2D eigenvalue weighted by atomic mass is 9.90. The van der Waals surface area contributed by atoms with Gasteiger partial charge < -0.3 is 5.73 Å². The fourth-order valence-electron chi connectivity index (χ4n) is 2.04. The Morgan fingerprint density at radius 3 is 2.80 bits per heavy atom. The Hall–Kier alpha value is -1.00. The zero-order valence-corrected chi connectivity index (χ0v) is 9.19. The van der Waals surface area contributed by atoms with Crippen molar-refractivity contribution in [2.24, 2.45) is 11.1 Å². The molecule has 0 aliphatic carbocycles. The van der Waals surface area contributed by atoms with E-state index < -0.39 is 0 Å². The first kappa shape index (κ1) is 10.5. The highest BCUT2D eigenvalue weighted by atomic mass is 15.2. The van der Waals surface area contributed by atoms with Crippen molar-refractivity contribution in [3.8, 4) is 0 Å². The van der Waals surface area contributed by atoms with Gasteiger partial charge in [0.05, 0.1) is 6.54 Å². The number of nitrogens with zero attached hydrogens (tertiary/aromatic N) is 3. The van der Waals surface area contributed by atoms with Gasteiger partial charge in [0.1, 0.15) is 5.82 Å². The molecular formula is C11H18N4. The molecule has 1 aliphatic rings. The minimum Gasteiger partial charge on any atom is -0.330 e. The Morgan fingerprint density at radius 1 is 1.47 bits per heavy atom. The lowest BCUT2D eigenvalue weighted by Gasteiger charge is -2.22. The fourth-order valence-corrected chi connectivity index (χ4v) is 2.04. The van der Waals surface area contributed by atoms with Crippen LogP contribution in [0, 0.1) is 5.41 Å². The predicted octanol–water partition coefficient (Wildman–Crippen LogP) is 0.647. The Labute approximate surface area is 90.5 Å². The molecule has 0 saturated carbocycles. The molecule has 1 fully saturated rings. The van der Waals surface area contributed by atoms with Crippen molar-refractivity contribution in [3.05, 3.63) is 24.3 Å². The van der Waals surface area contributed by atoms with Crippen LogP contribution >= 0.6 is 0 Å². The number of hydrogen-bond acceptors (Lipinski definition) is 4. The van der Waals surface area contributed by atoms with Gasteiger partial charge in [0.15, 0.2) is 0 Å². The number of likely N-dealkylation sites (tertiary alicyclic amines) is 1. The Morgan fingerprint density at radius 2 is 2.20 bits per heavy atom. The first-order valence-electron chi connectivity index (χ1n) is 5.40. The summed E-state index contributed by atoms with van der Waals surface area (Å²) in [6.07, 6.45) is 4.76. The lowest BCUT2D eigenvalue weighted by Crippen LogP contribution is -2.31. The van der Waals surface area contributed by atoms with Crippen LogP contribution in [0.2, 0.25) is 0 Å². The van der Waals surface area contributed by atoms with E-state index in [1.54, 1.807) is 12.4 Å². The average Bonchev–Trinajstić information content (AvgIpc) is 2.63. The molecule has 2 rings (SSSR count). The average molecular weight is 206 g/mol. The SMILES string of the molecule is CC1(CN)CCN(Cc2ncccn2)C1. The molecule has 0 radical (unpaired) electrons. The molecule has 1 saturated heterocycles. The smallest absolute Gasteiger partial charge is 0.142 e. The monoisotopic (exact) mass is 206 g/mol. The zero-order valence-electron chi connectivity index (χ0n) is 9.19. The molecule has 2 heterocycles. The van der Waals surface area contributed by atoms with E-state index in [0.29, 0.717) is 0 Å². The van der Waals surface area contributed by atoms with E-state index in [2.05, 4.69) is 21.8 Å². The minimum atomic E-state index is 0.286. The number of hydrogen-bond donors (Lipinski definition) is 1. The van der Waals surface area contributed by atoms with Crippen LogP contribution in [0.4, 0.5) is 0 Å². The maximum atomic E-state index is 5.77. The van der Waals surface area contributed by atoms with Gasteiger partial charge in [-0.3, -0.25) is 4.90 Å². The second-order valence-corrected chi connectivity index (χ2v) is 4.64. The van der Waals surface area contributed by atoms with Crippen LogP contribution in [0.15, 0.2) is 18.5 Å². The summed E-state index contributed by atoms with van der Waals surface area (Å²) in [6.45, 7) is 6.02. The molecular weight excluding hydrogens is 188 g/mol. The Balaban J connectivity index is 1.93. The molecule has 2 N–H and O–H groups in total. The van der Waals surface area contributed by atoms with Crippen LogP contribution in [0.1, 0.15) is 19.2 Å². The van der Waals surface area contributed by atoms with Gasteiger partial charge in [-0.25, -0.2) is 9.97 Å². The molecule has 82 valence electrons. The van der Waals surface area contributed by atoms with Crippen molar-refractivity contribution in [2.75, 3.05) is 19.6 Å². The largest absolute Gasteiger partial charge is 0.330 e. The quantitative estimate of drug-likeness (QED) is 0.789. The van der Waals surface area contributed by atoms with E-state index in [9.17, 15) is 0 Å².